The Morgan fingerprint density at radius 3 is 2.39 bits per heavy atom. The van der Waals surface area contributed by atoms with Crippen molar-refractivity contribution in [3.05, 3.63) is 35.1 Å². The Hall–Kier alpha value is -0.890. The molecule has 0 amide bonds. The molecule has 0 spiro atoms. The SMILES string of the molecule is CCNC(=NCc1ccc(F)c(C)c1)NCC(O)(CC)CC.I. The molecule has 132 valence electrons. The van der Waals surface area contributed by atoms with Crippen molar-refractivity contribution in [3.63, 3.8) is 0 Å². The van der Waals surface area contributed by atoms with Gasteiger partial charge in [0.15, 0.2) is 5.96 Å². The molecule has 0 aliphatic carbocycles. The highest BCUT2D eigenvalue weighted by Crippen LogP contribution is 2.13. The first-order valence-corrected chi connectivity index (χ1v) is 7.93. The number of aryl methyl sites for hydroxylation is 1. The first-order chi connectivity index (χ1) is 10.4. The van der Waals surface area contributed by atoms with Crippen molar-refractivity contribution in [1.29, 1.82) is 0 Å². The Morgan fingerprint density at radius 1 is 1.22 bits per heavy atom. The second kappa shape index (κ2) is 10.8. The molecule has 0 aliphatic rings. The smallest absolute Gasteiger partial charge is 0.191 e. The molecule has 0 saturated carbocycles. The fraction of sp³-hybridized carbons (Fsp3) is 0.588. The zero-order chi connectivity index (χ0) is 16.6. The molecule has 0 radical (unpaired) electrons. The molecule has 1 aromatic carbocycles. The number of halogens is 2. The van der Waals surface area contributed by atoms with Crippen LogP contribution in [0.5, 0.6) is 0 Å². The maximum atomic E-state index is 13.3. The van der Waals surface area contributed by atoms with Crippen LogP contribution in [0.15, 0.2) is 23.2 Å². The first-order valence-electron chi connectivity index (χ1n) is 7.93. The number of hydrogen-bond donors (Lipinski definition) is 3. The van der Waals surface area contributed by atoms with Gasteiger partial charge in [-0.3, -0.25) is 0 Å². The lowest BCUT2D eigenvalue weighted by Crippen LogP contribution is -2.46. The van der Waals surface area contributed by atoms with Crippen molar-refractivity contribution in [2.45, 2.75) is 52.7 Å². The lowest BCUT2D eigenvalue weighted by molar-refractivity contribution is 0.0367. The highest BCUT2D eigenvalue weighted by molar-refractivity contribution is 14.0. The van der Waals surface area contributed by atoms with Gasteiger partial charge in [0, 0.05) is 13.1 Å². The van der Waals surface area contributed by atoms with Crippen LogP contribution in [0.1, 0.15) is 44.7 Å². The van der Waals surface area contributed by atoms with E-state index in [0.29, 0.717) is 37.5 Å². The zero-order valence-corrected chi connectivity index (χ0v) is 16.8. The standard InChI is InChI=1S/C17H28FN3O.HI/c1-5-17(22,6-2)12-21-16(19-7-3)20-11-14-8-9-15(18)13(4)10-14;/h8-10,22H,5-7,11-12H2,1-4H3,(H2,19,20,21);1H. The minimum Gasteiger partial charge on any atom is -0.388 e. The van der Waals surface area contributed by atoms with Crippen molar-refractivity contribution in [2.24, 2.45) is 4.99 Å². The van der Waals surface area contributed by atoms with Crippen LogP contribution in [0.2, 0.25) is 0 Å². The summed E-state index contributed by atoms with van der Waals surface area (Å²) < 4.78 is 13.3. The molecule has 0 fully saturated rings. The average molecular weight is 437 g/mol. The molecule has 0 saturated heterocycles. The Morgan fingerprint density at radius 2 is 1.87 bits per heavy atom. The summed E-state index contributed by atoms with van der Waals surface area (Å²) in [7, 11) is 0. The molecule has 6 heteroatoms. The molecular weight excluding hydrogens is 408 g/mol. The Balaban J connectivity index is 0.00000484. The van der Waals surface area contributed by atoms with Crippen LogP contribution < -0.4 is 10.6 Å². The van der Waals surface area contributed by atoms with E-state index in [-0.39, 0.29) is 29.8 Å². The quantitative estimate of drug-likeness (QED) is 0.349. The average Bonchev–Trinajstić information content (AvgIpc) is 2.53. The molecule has 3 N–H and O–H groups in total. The maximum absolute atomic E-state index is 13.3. The lowest BCUT2D eigenvalue weighted by atomic mass is 9.98. The van der Waals surface area contributed by atoms with Gasteiger partial charge in [-0.05, 0) is 43.9 Å². The fourth-order valence-electron chi connectivity index (χ4n) is 2.07. The molecule has 1 rings (SSSR count). The summed E-state index contributed by atoms with van der Waals surface area (Å²) >= 11 is 0. The molecule has 1 aromatic rings. The summed E-state index contributed by atoms with van der Waals surface area (Å²) in [5.74, 6) is 0.457. The van der Waals surface area contributed by atoms with Crippen molar-refractivity contribution < 1.29 is 9.50 Å². The van der Waals surface area contributed by atoms with Gasteiger partial charge in [-0.25, -0.2) is 9.38 Å². The molecule has 23 heavy (non-hydrogen) atoms. The molecule has 0 heterocycles. The van der Waals surface area contributed by atoms with Crippen LogP contribution in [-0.2, 0) is 6.54 Å². The van der Waals surface area contributed by atoms with Crippen molar-refractivity contribution in [1.82, 2.24) is 10.6 Å². The number of rotatable bonds is 7. The van der Waals surface area contributed by atoms with Crippen LogP contribution in [0, 0.1) is 12.7 Å². The minimum atomic E-state index is -0.720. The minimum absolute atomic E-state index is 0. The predicted octanol–water partition coefficient (Wildman–Crippen LogP) is 3.36. The Bertz CT molecular complexity index is 505. The largest absolute Gasteiger partial charge is 0.388 e. The van der Waals surface area contributed by atoms with Crippen LogP contribution in [-0.4, -0.2) is 29.8 Å². The van der Waals surface area contributed by atoms with Gasteiger partial charge < -0.3 is 15.7 Å². The van der Waals surface area contributed by atoms with E-state index in [1.54, 1.807) is 19.1 Å². The number of aliphatic hydroxyl groups is 1. The number of nitrogens with one attached hydrogen (secondary N) is 2. The molecule has 0 bridgehead atoms. The Kier molecular flexibility index (Phi) is 10.4. The van der Waals surface area contributed by atoms with E-state index in [9.17, 15) is 9.50 Å². The second-order valence-electron chi connectivity index (χ2n) is 5.56. The maximum Gasteiger partial charge on any atom is 0.191 e. The Labute approximate surface area is 156 Å². The van der Waals surface area contributed by atoms with Gasteiger partial charge >= 0.3 is 0 Å². The van der Waals surface area contributed by atoms with Gasteiger partial charge in [0.2, 0.25) is 0 Å². The lowest BCUT2D eigenvalue weighted by Gasteiger charge is -2.26. The number of benzene rings is 1. The van der Waals surface area contributed by atoms with E-state index in [4.69, 9.17) is 0 Å². The molecule has 4 nitrogen and oxygen atoms in total. The normalized spacial score (nSPS) is 11.8. The highest BCUT2D eigenvalue weighted by Gasteiger charge is 2.22. The second-order valence-corrected chi connectivity index (χ2v) is 5.56. The van der Waals surface area contributed by atoms with Gasteiger partial charge in [-0.15, -0.1) is 24.0 Å². The third-order valence-electron chi connectivity index (χ3n) is 3.89. The summed E-state index contributed by atoms with van der Waals surface area (Å²) in [6.45, 7) is 9.33. The van der Waals surface area contributed by atoms with Crippen LogP contribution in [0.3, 0.4) is 0 Å². The number of guanidine groups is 1. The monoisotopic (exact) mass is 437 g/mol. The number of aliphatic imine (C=N–C) groups is 1. The number of hydrogen-bond acceptors (Lipinski definition) is 2. The zero-order valence-electron chi connectivity index (χ0n) is 14.4. The molecular formula is C17H29FIN3O. The van der Waals surface area contributed by atoms with Gasteiger partial charge in [-0.1, -0.05) is 26.0 Å². The molecule has 0 aromatic heterocycles. The topological polar surface area (TPSA) is 56.7 Å². The summed E-state index contributed by atoms with van der Waals surface area (Å²) in [6.07, 6.45) is 1.38. The van der Waals surface area contributed by atoms with E-state index in [0.717, 1.165) is 12.1 Å². The van der Waals surface area contributed by atoms with Crippen molar-refractivity contribution in [3.8, 4) is 0 Å². The van der Waals surface area contributed by atoms with Crippen LogP contribution in [0.25, 0.3) is 0 Å². The summed E-state index contributed by atoms with van der Waals surface area (Å²) in [4.78, 5) is 4.49. The van der Waals surface area contributed by atoms with Gasteiger partial charge in [0.25, 0.3) is 0 Å². The van der Waals surface area contributed by atoms with E-state index < -0.39 is 5.60 Å². The molecule has 0 aliphatic heterocycles. The van der Waals surface area contributed by atoms with Gasteiger partial charge in [0.05, 0.1) is 12.1 Å². The summed E-state index contributed by atoms with van der Waals surface area (Å²) in [5, 5.41) is 16.6. The van der Waals surface area contributed by atoms with E-state index in [1.165, 1.54) is 6.07 Å². The van der Waals surface area contributed by atoms with Crippen LogP contribution in [0.4, 0.5) is 4.39 Å². The van der Waals surface area contributed by atoms with Gasteiger partial charge in [0.1, 0.15) is 5.82 Å². The van der Waals surface area contributed by atoms with Gasteiger partial charge in [-0.2, -0.15) is 0 Å². The van der Waals surface area contributed by atoms with E-state index in [2.05, 4.69) is 15.6 Å². The third kappa shape index (κ3) is 7.48. The van der Waals surface area contributed by atoms with E-state index >= 15 is 0 Å². The summed E-state index contributed by atoms with van der Waals surface area (Å²) in [5.41, 5.74) is 0.859. The molecule has 0 atom stereocenters. The van der Waals surface area contributed by atoms with Crippen molar-refractivity contribution in [2.75, 3.05) is 13.1 Å². The number of nitrogens with zero attached hydrogens (tertiary/aromatic N) is 1. The van der Waals surface area contributed by atoms with E-state index in [1.807, 2.05) is 20.8 Å². The molecule has 0 unspecified atom stereocenters. The highest BCUT2D eigenvalue weighted by atomic mass is 127. The third-order valence-corrected chi connectivity index (χ3v) is 3.89. The van der Waals surface area contributed by atoms with Crippen molar-refractivity contribution >= 4 is 29.9 Å². The first kappa shape index (κ1) is 22.1. The summed E-state index contributed by atoms with van der Waals surface area (Å²) in [6, 6.07) is 5.01. The van der Waals surface area contributed by atoms with Crippen LogP contribution >= 0.6 is 24.0 Å². The predicted molar refractivity (Wildman–Crippen MR) is 105 cm³/mol. The fourth-order valence-corrected chi connectivity index (χ4v) is 2.07.